The monoisotopic (exact) mass is 307 g/mol. The largest absolute Gasteiger partial charge is 0.370 e. The van der Waals surface area contributed by atoms with Crippen molar-refractivity contribution < 1.29 is 0 Å². The Balaban J connectivity index is 2.20. The van der Waals surface area contributed by atoms with Crippen LogP contribution < -0.4 is 16.4 Å². The topological polar surface area (TPSA) is 75.9 Å². The number of nitrogens with two attached hydrogens (primary N) is 1. The van der Waals surface area contributed by atoms with Crippen LogP contribution in [0.3, 0.4) is 0 Å². The number of aromatic nitrogens is 2. The van der Waals surface area contributed by atoms with Crippen LogP contribution in [-0.2, 0) is 0 Å². The summed E-state index contributed by atoms with van der Waals surface area (Å²) in [6.07, 6.45) is 0. The predicted molar refractivity (Wildman–Crippen MR) is 78.0 cm³/mol. The Kier molecular flexibility index (Phi) is 3.99. The Morgan fingerprint density at radius 3 is 2.50 bits per heavy atom. The van der Waals surface area contributed by atoms with E-state index in [2.05, 4.69) is 36.5 Å². The summed E-state index contributed by atoms with van der Waals surface area (Å²) in [5.41, 5.74) is 6.60. The molecule has 18 heavy (non-hydrogen) atoms. The third-order valence-electron chi connectivity index (χ3n) is 2.22. The molecule has 94 valence electrons. The molecule has 0 saturated carbocycles. The maximum Gasteiger partial charge on any atom is 0.223 e. The van der Waals surface area contributed by atoms with Crippen molar-refractivity contribution in [1.29, 1.82) is 0 Å². The molecule has 0 fully saturated rings. The first-order valence-corrected chi connectivity index (χ1v) is 6.37. The van der Waals surface area contributed by atoms with Gasteiger partial charge in [-0.15, -0.1) is 0 Å². The number of halogens is 1. The number of nitrogen functional groups attached to an aromatic ring is 1. The smallest absolute Gasteiger partial charge is 0.223 e. The Labute approximate surface area is 114 Å². The Morgan fingerprint density at radius 1 is 1.17 bits per heavy atom. The van der Waals surface area contributed by atoms with E-state index in [0.29, 0.717) is 11.6 Å². The summed E-state index contributed by atoms with van der Waals surface area (Å²) < 4.78 is 1.03. The number of rotatable bonds is 4. The van der Waals surface area contributed by atoms with Crippen molar-refractivity contribution >= 4 is 39.2 Å². The second kappa shape index (κ2) is 5.68. The van der Waals surface area contributed by atoms with E-state index in [1.54, 1.807) is 0 Å². The molecular formula is C12H14BrN5. The molecule has 2 rings (SSSR count). The van der Waals surface area contributed by atoms with Crippen molar-refractivity contribution in [3.8, 4) is 0 Å². The Morgan fingerprint density at radius 2 is 1.83 bits per heavy atom. The summed E-state index contributed by atoms with van der Waals surface area (Å²) in [6, 6.07) is 9.64. The molecule has 1 heterocycles. The maximum atomic E-state index is 5.66. The highest BCUT2D eigenvalue weighted by molar-refractivity contribution is 9.10. The SMILES string of the molecule is CCNc1cc(Nc2ccc(Br)cc2)nc(N)n1. The molecule has 0 radical (unpaired) electrons. The molecule has 0 saturated heterocycles. The van der Waals surface area contributed by atoms with Gasteiger partial charge < -0.3 is 16.4 Å². The van der Waals surface area contributed by atoms with Crippen LogP contribution in [0.5, 0.6) is 0 Å². The lowest BCUT2D eigenvalue weighted by molar-refractivity contribution is 1.12. The number of nitrogens with zero attached hydrogens (tertiary/aromatic N) is 2. The molecule has 0 amide bonds. The summed E-state index contributed by atoms with van der Waals surface area (Å²) >= 11 is 3.39. The molecule has 0 spiro atoms. The van der Waals surface area contributed by atoms with E-state index in [9.17, 15) is 0 Å². The first-order chi connectivity index (χ1) is 8.67. The average Bonchev–Trinajstić information content (AvgIpc) is 2.32. The van der Waals surface area contributed by atoms with Crippen molar-refractivity contribution in [3.63, 3.8) is 0 Å². The predicted octanol–water partition coefficient (Wildman–Crippen LogP) is 3.00. The van der Waals surface area contributed by atoms with E-state index in [4.69, 9.17) is 5.73 Å². The molecule has 5 nitrogen and oxygen atoms in total. The number of hydrogen-bond donors (Lipinski definition) is 3. The minimum atomic E-state index is 0.244. The minimum Gasteiger partial charge on any atom is -0.370 e. The van der Waals surface area contributed by atoms with E-state index in [1.165, 1.54) is 0 Å². The lowest BCUT2D eigenvalue weighted by atomic mass is 10.3. The molecule has 0 aliphatic heterocycles. The summed E-state index contributed by atoms with van der Waals surface area (Å²) in [5.74, 6) is 1.62. The molecule has 2 aromatic rings. The normalized spacial score (nSPS) is 10.1. The van der Waals surface area contributed by atoms with Gasteiger partial charge in [-0.2, -0.15) is 9.97 Å². The van der Waals surface area contributed by atoms with Crippen LogP contribution in [0.15, 0.2) is 34.8 Å². The van der Waals surface area contributed by atoms with Crippen molar-refractivity contribution in [2.75, 3.05) is 22.9 Å². The fraction of sp³-hybridized carbons (Fsp3) is 0.167. The fourth-order valence-corrected chi connectivity index (χ4v) is 1.75. The lowest BCUT2D eigenvalue weighted by Crippen LogP contribution is -2.05. The van der Waals surface area contributed by atoms with Crippen LogP contribution in [-0.4, -0.2) is 16.5 Å². The molecule has 4 N–H and O–H groups in total. The second-order valence-electron chi connectivity index (χ2n) is 3.66. The first-order valence-electron chi connectivity index (χ1n) is 5.58. The molecule has 0 atom stereocenters. The van der Waals surface area contributed by atoms with Crippen LogP contribution in [0.2, 0.25) is 0 Å². The van der Waals surface area contributed by atoms with Gasteiger partial charge >= 0.3 is 0 Å². The minimum absolute atomic E-state index is 0.244. The molecule has 0 aliphatic rings. The van der Waals surface area contributed by atoms with Gasteiger partial charge in [-0.3, -0.25) is 0 Å². The zero-order valence-electron chi connectivity index (χ0n) is 9.94. The molecule has 0 bridgehead atoms. The van der Waals surface area contributed by atoms with Crippen LogP contribution in [0.4, 0.5) is 23.3 Å². The zero-order chi connectivity index (χ0) is 13.0. The van der Waals surface area contributed by atoms with Crippen molar-refractivity contribution in [1.82, 2.24) is 9.97 Å². The van der Waals surface area contributed by atoms with Gasteiger partial charge in [0.05, 0.1) is 0 Å². The molecular weight excluding hydrogens is 294 g/mol. The highest BCUT2D eigenvalue weighted by Crippen LogP contribution is 2.20. The van der Waals surface area contributed by atoms with E-state index in [1.807, 2.05) is 37.3 Å². The molecule has 6 heteroatoms. The van der Waals surface area contributed by atoms with Gasteiger partial charge in [-0.25, -0.2) is 0 Å². The summed E-state index contributed by atoms with van der Waals surface area (Å²) in [7, 11) is 0. The average molecular weight is 308 g/mol. The number of benzene rings is 1. The Bertz CT molecular complexity index is 526. The van der Waals surface area contributed by atoms with E-state index >= 15 is 0 Å². The zero-order valence-corrected chi connectivity index (χ0v) is 11.5. The molecule has 1 aromatic carbocycles. The van der Waals surface area contributed by atoms with E-state index in [-0.39, 0.29) is 5.95 Å². The molecule has 0 aliphatic carbocycles. The van der Waals surface area contributed by atoms with Gasteiger partial charge in [0.25, 0.3) is 0 Å². The van der Waals surface area contributed by atoms with Gasteiger partial charge in [0.15, 0.2) is 0 Å². The summed E-state index contributed by atoms with van der Waals surface area (Å²) in [6.45, 7) is 2.79. The highest BCUT2D eigenvalue weighted by Gasteiger charge is 2.02. The lowest BCUT2D eigenvalue weighted by Gasteiger charge is -2.09. The quantitative estimate of drug-likeness (QED) is 0.809. The van der Waals surface area contributed by atoms with E-state index < -0.39 is 0 Å². The van der Waals surface area contributed by atoms with Gasteiger partial charge in [-0.1, -0.05) is 15.9 Å². The molecule has 1 aromatic heterocycles. The molecule has 0 unspecified atom stereocenters. The number of anilines is 4. The second-order valence-corrected chi connectivity index (χ2v) is 4.57. The van der Waals surface area contributed by atoms with Gasteiger partial charge in [0.2, 0.25) is 5.95 Å². The van der Waals surface area contributed by atoms with Crippen molar-refractivity contribution in [2.45, 2.75) is 6.92 Å². The standard InChI is InChI=1S/C12H14BrN5/c1-2-15-10-7-11(18-12(14)17-10)16-9-5-3-8(13)4-6-9/h3-7H,2H2,1H3,(H4,14,15,16,17,18). The third kappa shape index (κ3) is 3.33. The van der Waals surface area contributed by atoms with Crippen LogP contribution >= 0.6 is 15.9 Å². The number of nitrogens with one attached hydrogen (secondary N) is 2. The summed E-state index contributed by atoms with van der Waals surface area (Å²) in [5, 5.41) is 6.28. The van der Waals surface area contributed by atoms with E-state index in [0.717, 1.165) is 16.7 Å². The van der Waals surface area contributed by atoms with Crippen LogP contribution in [0.25, 0.3) is 0 Å². The van der Waals surface area contributed by atoms with Crippen molar-refractivity contribution in [3.05, 3.63) is 34.8 Å². The van der Waals surface area contributed by atoms with Crippen molar-refractivity contribution in [2.24, 2.45) is 0 Å². The number of hydrogen-bond acceptors (Lipinski definition) is 5. The third-order valence-corrected chi connectivity index (χ3v) is 2.75. The fourth-order valence-electron chi connectivity index (χ4n) is 1.48. The Hall–Kier alpha value is -1.82. The van der Waals surface area contributed by atoms with Gasteiger partial charge in [-0.05, 0) is 31.2 Å². The summed E-state index contributed by atoms with van der Waals surface area (Å²) in [4.78, 5) is 8.23. The van der Waals surface area contributed by atoms with Crippen LogP contribution in [0, 0.1) is 0 Å². The maximum absolute atomic E-state index is 5.66. The van der Waals surface area contributed by atoms with Crippen LogP contribution in [0.1, 0.15) is 6.92 Å². The van der Waals surface area contributed by atoms with Gasteiger partial charge in [0, 0.05) is 22.8 Å². The first kappa shape index (κ1) is 12.6. The highest BCUT2D eigenvalue weighted by atomic mass is 79.9. The van der Waals surface area contributed by atoms with Gasteiger partial charge in [0.1, 0.15) is 11.6 Å².